The third-order valence-electron chi connectivity index (χ3n) is 2.22. The van der Waals surface area contributed by atoms with E-state index >= 15 is 0 Å². The Balaban J connectivity index is 2.40. The summed E-state index contributed by atoms with van der Waals surface area (Å²) in [5.41, 5.74) is 0. The van der Waals surface area contributed by atoms with Crippen molar-refractivity contribution in [1.82, 2.24) is 5.32 Å². The molecule has 1 rings (SSSR count). The first kappa shape index (κ1) is 9.03. The maximum Gasteiger partial charge on any atom is 0.306 e. The number of hydrogen-bond donors (Lipinski definition) is 2. The molecular formula is C8H13NO3. The maximum atomic E-state index is 11.0. The lowest BCUT2D eigenvalue weighted by Gasteiger charge is -2.09. The van der Waals surface area contributed by atoms with Crippen LogP contribution in [0, 0.1) is 11.8 Å². The molecule has 1 saturated heterocycles. The van der Waals surface area contributed by atoms with Gasteiger partial charge in [-0.25, -0.2) is 0 Å². The average molecular weight is 171 g/mol. The molecule has 0 aliphatic carbocycles. The van der Waals surface area contributed by atoms with E-state index in [-0.39, 0.29) is 11.8 Å². The molecule has 4 heteroatoms. The number of amides is 1. The molecule has 0 radical (unpaired) electrons. The van der Waals surface area contributed by atoms with Gasteiger partial charge in [-0.3, -0.25) is 9.59 Å². The average Bonchev–Trinajstić information content (AvgIpc) is 2.36. The van der Waals surface area contributed by atoms with E-state index < -0.39 is 11.9 Å². The zero-order valence-electron chi connectivity index (χ0n) is 7.04. The molecule has 2 N–H and O–H groups in total. The molecule has 2 atom stereocenters. The smallest absolute Gasteiger partial charge is 0.306 e. The van der Waals surface area contributed by atoms with Gasteiger partial charge < -0.3 is 10.4 Å². The van der Waals surface area contributed by atoms with Gasteiger partial charge in [0.1, 0.15) is 0 Å². The van der Waals surface area contributed by atoms with Crippen molar-refractivity contribution in [3.8, 4) is 0 Å². The molecule has 0 unspecified atom stereocenters. The predicted molar refractivity (Wildman–Crippen MR) is 42.5 cm³/mol. The van der Waals surface area contributed by atoms with Gasteiger partial charge in [0.15, 0.2) is 0 Å². The van der Waals surface area contributed by atoms with E-state index in [1.165, 1.54) is 0 Å². The monoisotopic (exact) mass is 171 g/mol. The van der Waals surface area contributed by atoms with Gasteiger partial charge >= 0.3 is 5.97 Å². The second kappa shape index (κ2) is 3.56. The summed E-state index contributed by atoms with van der Waals surface area (Å²) in [5, 5.41) is 11.3. The highest BCUT2D eigenvalue weighted by atomic mass is 16.4. The Kier molecular flexibility index (Phi) is 2.68. The molecule has 68 valence electrons. The molecular weight excluding hydrogens is 158 g/mol. The lowest BCUT2D eigenvalue weighted by molar-refractivity contribution is -0.141. The summed E-state index contributed by atoms with van der Waals surface area (Å²) in [7, 11) is 0. The van der Waals surface area contributed by atoms with Crippen LogP contribution in [0.3, 0.4) is 0 Å². The van der Waals surface area contributed by atoms with Crippen molar-refractivity contribution < 1.29 is 14.7 Å². The number of hydrogen-bond acceptors (Lipinski definition) is 2. The van der Waals surface area contributed by atoms with Gasteiger partial charge in [0.05, 0.1) is 5.92 Å². The molecule has 0 spiro atoms. The van der Waals surface area contributed by atoms with Gasteiger partial charge in [-0.2, -0.15) is 0 Å². The molecule has 1 heterocycles. The van der Waals surface area contributed by atoms with Crippen molar-refractivity contribution in [2.24, 2.45) is 11.8 Å². The minimum absolute atomic E-state index is 0.00287. The van der Waals surface area contributed by atoms with Crippen LogP contribution in [0.2, 0.25) is 0 Å². The molecule has 1 aliphatic heterocycles. The van der Waals surface area contributed by atoms with Crippen molar-refractivity contribution in [1.29, 1.82) is 0 Å². The lowest BCUT2D eigenvalue weighted by Crippen LogP contribution is -2.22. The number of nitrogens with one attached hydrogen (secondary N) is 1. The Morgan fingerprint density at radius 1 is 1.83 bits per heavy atom. The topological polar surface area (TPSA) is 66.4 Å². The number of rotatable bonds is 3. The highest BCUT2D eigenvalue weighted by Crippen LogP contribution is 2.19. The third kappa shape index (κ3) is 1.96. The Hall–Kier alpha value is -1.06. The highest BCUT2D eigenvalue weighted by Gasteiger charge is 2.27. The van der Waals surface area contributed by atoms with Gasteiger partial charge in [-0.15, -0.1) is 0 Å². The van der Waals surface area contributed by atoms with Gasteiger partial charge in [0.25, 0.3) is 0 Å². The summed E-state index contributed by atoms with van der Waals surface area (Å²) in [6, 6.07) is 0. The molecule has 0 aromatic carbocycles. The molecule has 0 bridgehead atoms. The van der Waals surface area contributed by atoms with Gasteiger partial charge in [0.2, 0.25) is 5.91 Å². The first-order valence-electron chi connectivity index (χ1n) is 4.11. The summed E-state index contributed by atoms with van der Waals surface area (Å²) in [5.74, 6) is -1.33. The Labute approximate surface area is 71.0 Å². The van der Waals surface area contributed by atoms with E-state index in [0.717, 1.165) is 6.42 Å². The van der Waals surface area contributed by atoms with E-state index in [4.69, 9.17) is 5.11 Å². The van der Waals surface area contributed by atoms with Crippen LogP contribution in [0.1, 0.15) is 19.8 Å². The van der Waals surface area contributed by atoms with E-state index in [2.05, 4.69) is 5.32 Å². The number of carbonyl (C=O) groups is 2. The van der Waals surface area contributed by atoms with E-state index in [1.807, 2.05) is 0 Å². The van der Waals surface area contributed by atoms with Crippen LogP contribution in [0.15, 0.2) is 0 Å². The van der Waals surface area contributed by atoms with Gasteiger partial charge in [0, 0.05) is 12.5 Å². The molecule has 1 aliphatic rings. The molecule has 1 amide bonds. The first-order chi connectivity index (χ1) is 5.61. The SMILES string of the molecule is C[C@@H](C[C@@H]1CCNC1=O)C(=O)O. The van der Waals surface area contributed by atoms with E-state index in [9.17, 15) is 9.59 Å². The zero-order valence-corrected chi connectivity index (χ0v) is 7.04. The molecule has 4 nitrogen and oxygen atoms in total. The standard InChI is InChI=1S/C8H13NO3/c1-5(8(11)12)4-6-2-3-9-7(6)10/h5-6H,2-4H2,1H3,(H,9,10)(H,11,12)/t5-,6-/m0/s1. The quantitative estimate of drug-likeness (QED) is 0.639. The third-order valence-corrected chi connectivity index (χ3v) is 2.22. The predicted octanol–water partition coefficient (Wildman–Crippen LogP) is 0.233. The van der Waals surface area contributed by atoms with Crippen molar-refractivity contribution in [3.05, 3.63) is 0 Å². The highest BCUT2D eigenvalue weighted by molar-refractivity contribution is 5.81. The van der Waals surface area contributed by atoms with Crippen LogP contribution in [-0.4, -0.2) is 23.5 Å². The summed E-state index contributed by atoms with van der Waals surface area (Å²) >= 11 is 0. The van der Waals surface area contributed by atoms with Crippen LogP contribution >= 0.6 is 0 Å². The van der Waals surface area contributed by atoms with Crippen molar-refractivity contribution >= 4 is 11.9 Å². The second-order valence-electron chi connectivity index (χ2n) is 3.25. The van der Waals surface area contributed by atoms with Crippen LogP contribution in [0.4, 0.5) is 0 Å². The second-order valence-corrected chi connectivity index (χ2v) is 3.25. The molecule has 0 saturated carbocycles. The van der Waals surface area contributed by atoms with Crippen LogP contribution in [-0.2, 0) is 9.59 Å². The summed E-state index contributed by atoms with van der Waals surface area (Å²) in [6.45, 7) is 2.32. The zero-order chi connectivity index (χ0) is 9.14. The van der Waals surface area contributed by atoms with Crippen LogP contribution in [0.25, 0.3) is 0 Å². The van der Waals surface area contributed by atoms with Crippen molar-refractivity contribution in [3.63, 3.8) is 0 Å². The fourth-order valence-electron chi connectivity index (χ4n) is 1.40. The summed E-state index contributed by atoms with van der Waals surface area (Å²) in [4.78, 5) is 21.5. The minimum atomic E-state index is -0.824. The van der Waals surface area contributed by atoms with E-state index in [0.29, 0.717) is 13.0 Å². The fourth-order valence-corrected chi connectivity index (χ4v) is 1.40. The Morgan fingerprint density at radius 2 is 2.50 bits per heavy atom. The van der Waals surface area contributed by atoms with Gasteiger partial charge in [-0.05, 0) is 12.8 Å². The van der Waals surface area contributed by atoms with Gasteiger partial charge in [-0.1, -0.05) is 6.92 Å². The fraction of sp³-hybridized carbons (Fsp3) is 0.750. The number of carboxylic acids is 1. The molecule has 0 aromatic heterocycles. The van der Waals surface area contributed by atoms with Crippen LogP contribution in [0.5, 0.6) is 0 Å². The summed E-state index contributed by atoms with van der Waals surface area (Å²) < 4.78 is 0. The molecule has 1 fully saturated rings. The Morgan fingerprint density at radius 3 is 2.92 bits per heavy atom. The molecule has 0 aromatic rings. The normalized spacial score (nSPS) is 25.1. The Bertz CT molecular complexity index is 202. The van der Waals surface area contributed by atoms with Crippen molar-refractivity contribution in [2.75, 3.05) is 6.54 Å². The summed E-state index contributed by atoms with van der Waals surface area (Å²) in [6.07, 6.45) is 1.23. The number of aliphatic carboxylic acids is 1. The lowest BCUT2D eigenvalue weighted by atomic mass is 9.95. The van der Waals surface area contributed by atoms with E-state index in [1.54, 1.807) is 6.92 Å². The first-order valence-corrected chi connectivity index (χ1v) is 4.11. The molecule has 12 heavy (non-hydrogen) atoms. The largest absolute Gasteiger partial charge is 0.481 e. The maximum absolute atomic E-state index is 11.0. The number of carbonyl (C=O) groups excluding carboxylic acids is 1. The van der Waals surface area contributed by atoms with Crippen molar-refractivity contribution in [2.45, 2.75) is 19.8 Å². The van der Waals surface area contributed by atoms with Crippen LogP contribution < -0.4 is 5.32 Å². The minimum Gasteiger partial charge on any atom is -0.481 e. The number of carboxylic acid groups (broad SMARTS) is 1.